The number of hydrogen-bond donors (Lipinski definition) is 0. The Morgan fingerprint density at radius 1 is 0.293 bits per heavy atom. The first-order valence-electron chi connectivity index (χ1n) is 19.8. The van der Waals surface area contributed by atoms with Crippen LogP contribution in [-0.2, 0) is 0 Å². The van der Waals surface area contributed by atoms with Crippen LogP contribution in [-0.4, -0.2) is 0 Å². The Morgan fingerprint density at radius 2 is 0.845 bits per heavy atom. The minimum Gasteiger partial charge on any atom is -0.456 e. The van der Waals surface area contributed by atoms with Gasteiger partial charge in [-0.15, -0.1) is 0 Å². The molecule has 11 rings (SSSR count). The van der Waals surface area contributed by atoms with Crippen molar-refractivity contribution in [2.45, 2.75) is 0 Å². The van der Waals surface area contributed by atoms with Gasteiger partial charge in [-0.3, -0.25) is 0 Å². The first kappa shape index (κ1) is 33.6. The Kier molecular flexibility index (Phi) is 8.19. The Labute approximate surface area is 337 Å². The second kappa shape index (κ2) is 14.1. The number of rotatable bonds is 7. The Bertz CT molecular complexity index is 3270. The van der Waals surface area contributed by atoms with Crippen LogP contribution in [0.4, 0.5) is 17.1 Å². The molecule has 0 aliphatic carbocycles. The van der Waals surface area contributed by atoms with Crippen LogP contribution in [0.15, 0.2) is 229 Å². The fraction of sp³-hybridized carbons (Fsp3) is 0. The van der Waals surface area contributed by atoms with Crippen LogP contribution in [0.5, 0.6) is 0 Å². The van der Waals surface area contributed by atoms with Crippen LogP contribution in [0.3, 0.4) is 0 Å². The van der Waals surface area contributed by atoms with Gasteiger partial charge in [0.05, 0.1) is 5.69 Å². The first-order chi connectivity index (χ1) is 28.8. The van der Waals surface area contributed by atoms with E-state index in [0.717, 1.165) is 61.3 Å². The van der Waals surface area contributed by atoms with Gasteiger partial charge < -0.3 is 9.32 Å². The van der Waals surface area contributed by atoms with E-state index in [4.69, 9.17) is 4.42 Å². The number of nitrogens with zero attached hydrogens (tertiary/aromatic N) is 1. The average Bonchev–Trinajstić information content (AvgIpc) is 3.68. The normalized spacial score (nSPS) is 11.4. The molecule has 0 aliphatic heterocycles. The minimum absolute atomic E-state index is 0.855. The van der Waals surface area contributed by atoms with E-state index in [2.05, 4.69) is 217 Å². The highest BCUT2D eigenvalue weighted by Crippen LogP contribution is 2.49. The molecule has 272 valence electrons. The summed E-state index contributed by atoms with van der Waals surface area (Å²) in [6.07, 6.45) is 0. The third-order valence-electron chi connectivity index (χ3n) is 11.5. The molecule has 0 amide bonds. The van der Waals surface area contributed by atoms with Crippen molar-refractivity contribution in [3.63, 3.8) is 0 Å². The van der Waals surface area contributed by atoms with Crippen molar-refractivity contribution in [1.82, 2.24) is 0 Å². The largest absolute Gasteiger partial charge is 0.456 e. The quantitative estimate of drug-likeness (QED) is 0.151. The summed E-state index contributed by atoms with van der Waals surface area (Å²) in [6.45, 7) is 0. The van der Waals surface area contributed by atoms with E-state index in [9.17, 15) is 0 Å². The first-order valence-corrected chi connectivity index (χ1v) is 19.8. The summed E-state index contributed by atoms with van der Waals surface area (Å²) in [5.41, 5.74) is 14.3. The molecule has 0 aliphatic rings. The van der Waals surface area contributed by atoms with Crippen LogP contribution >= 0.6 is 0 Å². The van der Waals surface area contributed by atoms with E-state index in [0.29, 0.717) is 0 Å². The maximum absolute atomic E-state index is 6.53. The lowest BCUT2D eigenvalue weighted by atomic mass is 9.87. The number of fused-ring (bicyclic) bond motifs is 6. The van der Waals surface area contributed by atoms with Crippen molar-refractivity contribution < 1.29 is 4.42 Å². The molecule has 0 unspecified atom stereocenters. The zero-order valence-corrected chi connectivity index (χ0v) is 31.7. The van der Waals surface area contributed by atoms with E-state index in [1.54, 1.807) is 0 Å². The van der Waals surface area contributed by atoms with Gasteiger partial charge in [0.15, 0.2) is 0 Å². The number of anilines is 3. The molecule has 0 bridgehead atoms. The summed E-state index contributed by atoms with van der Waals surface area (Å²) >= 11 is 0. The number of benzene rings is 10. The molecule has 1 aromatic heterocycles. The molecule has 1 heterocycles. The second-order valence-corrected chi connectivity index (χ2v) is 14.8. The molecular formula is C56H37NO. The van der Waals surface area contributed by atoms with Crippen molar-refractivity contribution in [2.75, 3.05) is 4.90 Å². The predicted molar refractivity (Wildman–Crippen MR) is 245 cm³/mol. The summed E-state index contributed by atoms with van der Waals surface area (Å²) in [5.74, 6) is 0. The molecule has 0 N–H and O–H groups in total. The van der Waals surface area contributed by atoms with E-state index in [-0.39, 0.29) is 0 Å². The fourth-order valence-corrected chi connectivity index (χ4v) is 8.80. The van der Waals surface area contributed by atoms with Gasteiger partial charge in [-0.25, -0.2) is 0 Å². The third-order valence-corrected chi connectivity index (χ3v) is 11.5. The lowest BCUT2D eigenvalue weighted by Crippen LogP contribution is -2.12. The van der Waals surface area contributed by atoms with Crippen LogP contribution in [0, 0.1) is 0 Å². The Morgan fingerprint density at radius 3 is 1.62 bits per heavy atom. The molecular weight excluding hydrogens is 703 g/mol. The fourth-order valence-electron chi connectivity index (χ4n) is 8.80. The van der Waals surface area contributed by atoms with Crippen LogP contribution < -0.4 is 4.90 Å². The average molecular weight is 740 g/mol. The lowest BCUT2D eigenvalue weighted by molar-refractivity contribution is 0.669. The second-order valence-electron chi connectivity index (χ2n) is 14.8. The van der Waals surface area contributed by atoms with Crippen LogP contribution in [0.2, 0.25) is 0 Å². The van der Waals surface area contributed by atoms with Gasteiger partial charge in [-0.1, -0.05) is 176 Å². The molecule has 0 saturated heterocycles. The SMILES string of the molecule is c1ccc(-c2ccccc2-c2c(-c3ccccc3)cccc2N(c2ccc(-c3cc4ccccc4c4ccccc34)cc2)c2ccc3c(c2)oc2ccccc23)cc1. The maximum atomic E-state index is 6.53. The summed E-state index contributed by atoms with van der Waals surface area (Å²) in [4.78, 5) is 2.40. The molecule has 0 spiro atoms. The maximum Gasteiger partial charge on any atom is 0.137 e. The van der Waals surface area contributed by atoms with Crippen molar-refractivity contribution in [2.24, 2.45) is 0 Å². The number of hydrogen-bond acceptors (Lipinski definition) is 2. The van der Waals surface area contributed by atoms with Gasteiger partial charge in [0.1, 0.15) is 11.2 Å². The summed E-state index contributed by atoms with van der Waals surface area (Å²) in [7, 11) is 0. The summed E-state index contributed by atoms with van der Waals surface area (Å²) in [5, 5.41) is 7.24. The minimum atomic E-state index is 0.855. The number of furan rings is 1. The zero-order chi connectivity index (χ0) is 38.4. The topological polar surface area (TPSA) is 16.4 Å². The van der Waals surface area contributed by atoms with E-state index in [1.165, 1.54) is 43.8 Å². The van der Waals surface area contributed by atoms with E-state index >= 15 is 0 Å². The lowest BCUT2D eigenvalue weighted by Gasteiger charge is -2.30. The highest BCUT2D eigenvalue weighted by atomic mass is 16.3. The van der Waals surface area contributed by atoms with Gasteiger partial charge in [0.2, 0.25) is 0 Å². The van der Waals surface area contributed by atoms with Gasteiger partial charge in [0.25, 0.3) is 0 Å². The van der Waals surface area contributed by atoms with Crippen molar-refractivity contribution >= 4 is 60.5 Å². The molecule has 2 nitrogen and oxygen atoms in total. The molecule has 2 heteroatoms. The van der Waals surface area contributed by atoms with Gasteiger partial charge >= 0.3 is 0 Å². The molecule has 0 saturated carbocycles. The smallest absolute Gasteiger partial charge is 0.137 e. The van der Waals surface area contributed by atoms with E-state index in [1.807, 2.05) is 12.1 Å². The molecule has 0 atom stereocenters. The summed E-state index contributed by atoms with van der Waals surface area (Å²) in [6, 6.07) is 80.7. The third kappa shape index (κ3) is 5.74. The standard InChI is InChI=1S/C56H37NO/c1-3-16-38(17-4-1)44-21-9-12-26-51(44)56-46(39-18-5-2-6-19-39)27-15-28-53(56)57(43-34-35-50-49-25-13-14-29-54(49)58-55(50)37-43)42-32-30-40(31-33-42)52-36-41-20-7-8-22-45(41)47-23-10-11-24-48(47)52/h1-37H. The van der Waals surface area contributed by atoms with Crippen LogP contribution in [0.25, 0.3) is 88.0 Å². The zero-order valence-electron chi connectivity index (χ0n) is 31.7. The Balaban J connectivity index is 1.16. The van der Waals surface area contributed by atoms with Crippen molar-refractivity contribution in [1.29, 1.82) is 0 Å². The van der Waals surface area contributed by atoms with Crippen LogP contribution in [0.1, 0.15) is 0 Å². The number of para-hydroxylation sites is 1. The van der Waals surface area contributed by atoms with Crippen molar-refractivity contribution in [3.05, 3.63) is 224 Å². The molecule has 58 heavy (non-hydrogen) atoms. The predicted octanol–water partition coefficient (Wildman–Crippen LogP) is 16.0. The van der Waals surface area contributed by atoms with Crippen molar-refractivity contribution in [3.8, 4) is 44.5 Å². The molecule has 0 radical (unpaired) electrons. The van der Waals surface area contributed by atoms with Gasteiger partial charge in [-0.2, -0.15) is 0 Å². The molecule has 10 aromatic carbocycles. The van der Waals surface area contributed by atoms with Gasteiger partial charge in [0, 0.05) is 33.8 Å². The van der Waals surface area contributed by atoms with E-state index < -0.39 is 0 Å². The monoisotopic (exact) mass is 739 g/mol. The summed E-state index contributed by atoms with van der Waals surface area (Å²) < 4.78 is 6.53. The highest BCUT2D eigenvalue weighted by molar-refractivity contribution is 6.14. The molecule has 0 fully saturated rings. The Hall–Kier alpha value is -7.68. The molecule has 11 aromatic rings. The highest BCUT2D eigenvalue weighted by Gasteiger charge is 2.24. The van der Waals surface area contributed by atoms with Gasteiger partial charge in [-0.05, 0) is 103 Å².